The molecule has 1 saturated heterocycles. The minimum atomic E-state index is -3.69. The molecule has 7 heteroatoms. The maximum Gasteiger partial charge on any atom is 0.245 e. The molecule has 1 saturated carbocycles. The van der Waals surface area contributed by atoms with Crippen LogP contribution in [0, 0.1) is 5.92 Å². The molecule has 0 radical (unpaired) electrons. The Morgan fingerprint density at radius 2 is 1.90 bits per heavy atom. The molecule has 1 aliphatic carbocycles. The lowest BCUT2D eigenvalue weighted by Crippen LogP contribution is -2.33. The molecule has 31 heavy (non-hydrogen) atoms. The van der Waals surface area contributed by atoms with E-state index in [-0.39, 0.29) is 10.9 Å². The van der Waals surface area contributed by atoms with Crippen molar-refractivity contribution in [3.05, 3.63) is 66.4 Å². The number of ether oxygens (including phenoxy) is 2. The van der Waals surface area contributed by atoms with Crippen molar-refractivity contribution in [1.82, 2.24) is 9.29 Å². The van der Waals surface area contributed by atoms with E-state index in [1.165, 1.54) is 0 Å². The maximum atomic E-state index is 13.7. The number of sulfonamides is 1. The number of pyridine rings is 1. The van der Waals surface area contributed by atoms with Gasteiger partial charge >= 0.3 is 0 Å². The van der Waals surface area contributed by atoms with Gasteiger partial charge < -0.3 is 9.47 Å². The van der Waals surface area contributed by atoms with E-state index in [4.69, 9.17) is 9.47 Å². The molecule has 0 N–H and O–H groups in total. The standard InChI is InChI=1S/C24H26N2O4S/c27-31(28,23-8-2-5-20-6-3-12-25-24(20)23)26(21-9-10-21)15-18-4-1-7-22(14-18)30-17-19-11-13-29-16-19/h1-8,12,14,19,21H,9-11,13,15-17H2. The zero-order valence-corrected chi connectivity index (χ0v) is 18.1. The molecule has 0 amide bonds. The van der Waals surface area contributed by atoms with Gasteiger partial charge in [-0.2, -0.15) is 4.31 Å². The number of para-hydroxylation sites is 1. The van der Waals surface area contributed by atoms with E-state index < -0.39 is 10.0 Å². The van der Waals surface area contributed by atoms with E-state index in [9.17, 15) is 8.42 Å². The minimum absolute atomic E-state index is 0.0316. The molecule has 1 aromatic heterocycles. The summed E-state index contributed by atoms with van der Waals surface area (Å²) in [6.45, 7) is 2.48. The van der Waals surface area contributed by atoms with E-state index in [1.807, 2.05) is 42.5 Å². The van der Waals surface area contributed by atoms with Crippen molar-refractivity contribution >= 4 is 20.9 Å². The lowest BCUT2D eigenvalue weighted by molar-refractivity contribution is 0.167. The van der Waals surface area contributed by atoms with Gasteiger partial charge in [-0.3, -0.25) is 4.98 Å². The molecule has 2 aromatic carbocycles. The van der Waals surface area contributed by atoms with E-state index in [2.05, 4.69) is 4.98 Å². The summed E-state index contributed by atoms with van der Waals surface area (Å²) >= 11 is 0. The molecule has 2 aliphatic rings. The number of benzene rings is 2. The van der Waals surface area contributed by atoms with Crippen LogP contribution in [0.2, 0.25) is 0 Å². The van der Waals surface area contributed by atoms with Gasteiger partial charge in [0.2, 0.25) is 10.0 Å². The summed E-state index contributed by atoms with van der Waals surface area (Å²) in [6.07, 6.45) is 4.43. The van der Waals surface area contributed by atoms with Crippen LogP contribution in [0.1, 0.15) is 24.8 Å². The topological polar surface area (TPSA) is 68.7 Å². The van der Waals surface area contributed by atoms with Crippen LogP contribution in [-0.4, -0.2) is 43.6 Å². The van der Waals surface area contributed by atoms with Gasteiger partial charge in [-0.05, 0) is 49.1 Å². The highest BCUT2D eigenvalue weighted by Gasteiger charge is 2.39. The van der Waals surface area contributed by atoms with Crippen molar-refractivity contribution in [2.24, 2.45) is 5.92 Å². The van der Waals surface area contributed by atoms with Crippen molar-refractivity contribution in [3.63, 3.8) is 0 Å². The Morgan fingerprint density at radius 3 is 2.71 bits per heavy atom. The van der Waals surface area contributed by atoms with E-state index in [0.717, 1.165) is 49.2 Å². The fourth-order valence-corrected chi connectivity index (χ4v) is 5.87. The third-order valence-electron chi connectivity index (χ3n) is 5.88. The fraction of sp³-hybridized carbons (Fsp3) is 0.375. The Balaban J connectivity index is 1.39. The second-order valence-corrected chi connectivity index (χ2v) is 10.2. The second-order valence-electron chi connectivity index (χ2n) is 8.30. The minimum Gasteiger partial charge on any atom is -0.493 e. The summed E-state index contributed by atoms with van der Waals surface area (Å²) < 4.78 is 40.3. The smallest absolute Gasteiger partial charge is 0.245 e. The van der Waals surface area contributed by atoms with Crippen molar-refractivity contribution < 1.29 is 17.9 Å². The summed E-state index contributed by atoms with van der Waals surface area (Å²) in [5.41, 5.74) is 1.44. The van der Waals surface area contributed by atoms with Crippen molar-refractivity contribution in [3.8, 4) is 5.75 Å². The quantitative estimate of drug-likeness (QED) is 0.532. The lowest BCUT2D eigenvalue weighted by Gasteiger charge is -2.23. The molecule has 2 fully saturated rings. The van der Waals surface area contributed by atoms with E-state index >= 15 is 0 Å². The number of hydrogen-bond acceptors (Lipinski definition) is 5. The van der Waals surface area contributed by atoms with Gasteiger partial charge in [0.05, 0.1) is 18.7 Å². The summed E-state index contributed by atoms with van der Waals surface area (Å²) in [7, 11) is -3.69. The maximum absolute atomic E-state index is 13.7. The molecule has 0 spiro atoms. The van der Waals surface area contributed by atoms with Crippen molar-refractivity contribution in [2.75, 3.05) is 19.8 Å². The first-order valence-electron chi connectivity index (χ1n) is 10.8. The second kappa shape index (κ2) is 8.57. The van der Waals surface area contributed by atoms with Crippen molar-refractivity contribution in [2.45, 2.75) is 36.7 Å². The van der Waals surface area contributed by atoms with Gasteiger partial charge in [0.15, 0.2) is 0 Å². The average Bonchev–Trinajstić information content (AvgIpc) is 3.49. The zero-order chi connectivity index (χ0) is 21.3. The Hall–Kier alpha value is -2.48. The van der Waals surface area contributed by atoms with Crippen LogP contribution in [0.15, 0.2) is 65.7 Å². The molecule has 1 aliphatic heterocycles. The van der Waals surface area contributed by atoms with E-state index in [1.54, 1.807) is 22.6 Å². The number of aromatic nitrogens is 1. The summed E-state index contributed by atoms with van der Waals surface area (Å²) in [4.78, 5) is 4.63. The Bertz CT molecular complexity index is 1170. The van der Waals surface area contributed by atoms with Gasteiger partial charge in [0.1, 0.15) is 10.6 Å². The summed E-state index contributed by atoms with van der Waals surface area (Å²) in [5.74, 6) is 1.19. The molecular weight excluding hydrogens is 412 g/mol. The highest BCUT2D eigenvalue weighted by molar-refractivity contribution is 7.89. The number of hydrogen-bond donors (Lipinski definition) is 0. The third-order valence-corrected chi connectivity index (χ3v) is 7.81. The molecular formula is C24H26N2O4S. The molecule has 6 nitrogen and oxygen atoms in total. The molecule has 0 bridgehead atoms. The number of fused-ring (bicyclic) bond motifs is 1. The van der Waals surface area contributed by atoms with Crippen LogP contribution in [0.5, 0.6) is 5.75 Å². The van der Waals surface area contributed by atoms with Crippen LogP contribution in [0.3, 0.4) is 0 Å². The van der Waals surface area contributed by atoms with Gasteiger partial charge in [0, 0.05) is 36.7 Å². The van der Waals surface area contributed by atoms with Gasteiger partial charge in [0.25, 0.3) is 0 Å². The van der Waals surface area contributed by atoms with Gasteiger partial charge in [-0.1, -0.05) is 30.3 Å². The average molecular weight is 439 g/mol. The largest absolute Gasteiger partial charge is 0.493 e. The number of nitrogens with zero attached hydrogens (tertiary/aromatic N) is 2. The van der Waals surface area contributed by atoms with Gasteiger partial charge in [-0.25, -0.2) is 8.42 Å². The van der Waals surface area contributed by atoms with E-state index in [0.29, 0.717) is 24.6 Å². The highest BCUT2D eigenvalue weighted by atomic mass is 32.2. The normalized spacial score (nSPS) is 19.2. The lowest BCUT2D eigenvalue weighted by atomic mass is 10.1. The Morgan fingerprint density at radius 1 is 1.06 bits per heavy atom. The first-order valence-corrected chi connectivity index (χ1v) is 12.2. The molecule has 1 unspecified atom stereocenters. The fourth-order valence-electron chi connectivity index (χ4n) is 4.03. The highest BCUT2D eigenvalue weighted by Crippen LogP contribution is 2.35. The van der Waals surface area contributed by atoms with Gasteiger partial charge in [-0.15, -0.1) is 0 Å². The summed E-state index contributed by atoms with van der Waals surface area (Å²) in [5, 5.41) is 0.825. The Labute approximate surface area is 182 Å². The van der Waals surface area contributed by atoms with Crippen LogP contribution in [0.4, 0.5) is 0 Å². The monoisotopic (exact) mass is 438 g/mol. The van der Waals surface area contributed by atoms with Crippen molar-refractivity contribution in [1.29, 1.82) is 0 Å². The Kier molecular flexibility index (Phi) is 5.65. The van der Waals surface area contributed by atoms with Crippen LogP contribution in [0.25, 0.3) is 10.9 Å². The summed E-state index contributed by atoms with van der Waals surface area (Å²) in [6, 6.07) is 16.8. The number of rotatable bonds is 8. The predicted molar refractivity (Wildman–Crippen MR) is 118 cm³/mol. The molecule has 2 heterocycles. The molecule has 1 atom stereocenters. The molecule has 5 rings (SSSR count). The molecule has 162 valence electrons. The zero-order valence-electron chi connectivity index (χ0n) is 17.3. The SMILES string of the molecule is O=S(=O)(c1cccc2cccnc12)N(Cc1cccc(OCC2CCOC2)c1)C1CC1. The van der Waals surface area contributed by atoms with Crippen LogP contribution in [-0.2, 0) is 21.3 Å². The first kappa shape index (κ1) is 20.4. The van der Waals surface area contributed by atoms with Crippen LogP contribution >= 0.6 is 0 Å². The predicted octanol–water partition coefficient (Wildman–Crippen LogP) is 4.00. The van der Waals surface area contributed by atoms with Crippen LogP contribution < -0.4 is 4.74 Å². The third kappa shape index (κ3) is 4.44. The molecule has 3 aromatic rings. The first-order chi connectivity index (χ1) is 15.1.